The second-order valence-corrected chi connectivity index (χ2v) is 6.05. The van der Waals surface area contributed by atoms with Crippen molar-refractivity contribution >= 4 is 11.8 Å². The van der Waals surface area contributed by atoms with Crippen LogP contribution in [-0.4, -0.2) is 20.7 Å². The minimum atomic E-state index is -0.779. The number of aromatic nitrogens is 2. The number of hydrogen-bond donors (Lipinski definition) is 1. The number of hydrogen-bond acceptors (Lipinski definition) is 4. The fourth-order valence-corrected chi connectivity index (χ4v) is 3.17. The Bertz CT molecular complexity index is 497. The van der Waals surface area contributed by atoms with Gasteiger partial charge in [0.1, 0.15) is 6.33 Å². The van der Waals surface area contributed by atoms with E-state index in [9.17, 15) is 5.11 Å². The third-order valence-corrected chi connectivity index (χ3v) is 4.43. The molecule has 0 spiro atoms. The van der Waals surface area contributed by atoms with Crippen molar-refractivity contribution in [2.75, 3.05) is 0 Å². The molecule has 1 aromatic carbocycles. The highest BCUT2D eigenvalue weighted by atomic mass is 32.2. The van der Waals surface area contributed by atoms with Crippen LogP contribution in [0.5, 0.6) is 0 Å². The van der Waals surface area contributed by atoms with E-state index in [1.54, 1.807) is 24.3 Å². The molecular weight excluding hydrogens is 256 g/mol. The summed E-state index contributed by atoms with van der Waals surface area (Å²) in [6.45, 7) is 3.69. The molecule has 0 aliphatic rings. The van der Waals surface area contributed by atoms with Crippen LogP contribution in [0.15, 0.2) is 48.9 Å². The van der Waals surface area contributed by atoms with Crippen LogP contribution in [0.1, 0.15) is 30.4 Å². The molecular formula is C15H18N2OS. The first-order chi connectivity index (χ1) is 9.07. The molecule has 0 saturated carbocycles. The molecule has 0 amide bonds. The van der Waals surface area contributed by atoms with E-state index in [0.29, 0.717) is 0 Å². The van der Waals surface area contributed by atoms with Crippen LogP contribution in [0, 0.1) is 0 Å². The monoisotopic (exact) mass is 274 g/mol. The van der Waals surface area contributed by atoms with Crippen molar-refractivity contribution in [1.82, 2.24) is 9.97 Å². The molecule has 1 N–H and O–H groups in total. The SMILES string of the molecule is CC(C)(O)C(SCc1ccncn1)c1ccccc1. The first-order valence-electron chi connectivity index (χ1n) is 6.21. The van der Waals surface area contributed by atoms with Crippen LogP contribution in [0.3, 0.4) is 0 Å². The summed E-state index contributed by atoms with van der Waals surface area (Å²) >= 11 is 1.69. The van der Waals surface area contributed by atoms with Crippen LogP contribution in [0.4, 0.5) is 0 Å². The van der Waals surface area contributed by atoms with Crippen LogP contribution < -0.4 is 0 Å². The Morgan fingerprint density at radius 2 is 1.95 bits per heavy atom. The summed E-state index contributed by atoms with van der Waals surface area (Å²) in [5, 5.41) is 10.4. The van der Waals surface area contributed by atoms with Crippen LogP contribution in [0.2, 0.25) is 0 Å². The van der Waals surface area contributed by atoms with Gasteiger partial charge in [-0.15, -0.1) is 11.8 Å². The van der Waals surface area contributed by atoms with Crippen LogP contribution in [-0.2, 0) is 5.75 Å². The quantitative estimate of drug-likeness (QED) is 0.909. The third kappa shape index (κ3) is 4.04. The number of rotatable bonds is 5. The van der Waals surface area contributed by atoms with Crippen molar-refractivity contribution in [3.05, 3.63) is 60.2 Å². The summed E-state index contributed by atoms with van der Waals surface area (Å²) in [6.07, 6.45) is 3.29. The molecule has 0 fully saturated rings. The third-order valence-electron chi connectivity index (χ3n) is 2.79. The van der Waals surface area contributed by atoms with E-state index in [1.807, 2.05) is 38.1 Å². The van der Waals surface area contributed by atoms with Gasteiger partial charge in [0.25, 0.3) is 0 Å². The summed E-state index contributed by atoms with van der Waals surface area (Å²) in [7, 11) is 0. The van der Waals surface area contributed by atoms with Gasteiger partial charge in [0.15, 0.2) is 0 Å². The van der Waals surface area contributed by atoms with Gasteiger partial charge in [-0.2, -0.15) is 0 Å². The molecule has 3 nitrogen and oxygen atoms in total. The van der Waals surface area contributed by atoms with E-state index < -0.39 is 5.60 Å². The van der Waals surface area contributed by atoms with Crippen molar-refractivity contribution in [3.8, 4) is 0 Å². The number of aliphatic hydroxyl groups is 1. The van der Waals surface area contributed by atoms with Gasteiger partial charge in [0.05, 0.1) is 16.5 Å². The zero-order valence-electron chi connectivity index (χ0n) is 11.2. The van der Waals surface area contributed by atoms with Gasteiger partial charge in [0.2, 0.25) is 0 Å². The van der Waals surface area contributed by atoms with E-state index in [2.05, 4.69) is 22.1 Å². The Labute approximate surface area is 118 Å². The summed E-state index contributed by atoms with van der Waals surface area (Å²) < 4.78 is 0. The van der Waals surface area contributed by atoms with Gasteiger partial charge in [0, 0.05) is 11.9 Å². The second-order valence-electron chi connectivity index (χ2n) is 4.96. The van der Waals surface area contributed by atoms with Crippen molar-refractivity contribution in [2.24, 2.45) is 0 Å². The van der Waals surface area contributed by atoms with E-state index in [4.69, 9.17) is 0 Å². The van der Waals surface area contributed by atoms with Gasteiger partial charge in [-0.25, -0.2) is 9.97 Å². The highest BCUT2D eigenvalue weighted by Gasteiger charge is 2.28. The Balaban J connectivity index is 2.12. The van der Waals surface area contributed by atoms with Crippen LogP contribution in [0.25, 0.3) is 0 Å². The summed E-state index contributed by atoms with van der Waals surface area (Å²) in [6, 6.07) is 12.0. The highest BCUT2D eigenvalue weighted by molar-refractivity contribution is 7.98. The number of nitrogens with zero attached hydrogens (tertiary/aromatic N) is 2. The van der Waals surface area contributed by atoms with Gasteiger partial charge in [-0.3, -0.25) is 0 Å². The summed E-state index contributed by atoms with van der Waals surface area (Å²) in [5.41, 5.74) is 1.33. The number of benzene rings is 1. The Hall–Kier alpha value is -1.39. The van der Waals surface area contributed by atoms with E-state index >= 15 is 0 Å². The largest absolute Gasteiger partial charge is 0.389 e. The molecule has 2 rings (SSSR count). The molecule has 0 saturated heterocycles. The predicted octanol–water partition coefficient (Wildman–Crippen LogP) is 3.22. The molecule has 1 unspecified atom stereocenters. The maximum absolute atomic E-state index is 10.4. The standard InChI is InChI=1S/C15H18N2OS/c1-15(2,18)14(12-6-4-3-5-7-12)19-10-13-8-9-16-11-17-13/h3-9,11,14,18H,10H2,1-2H3. The first-order valence-corrected chi connectivity index (χ1v) is 7.26. The zero-order valence-corrected chi connectivity index (χ0v) is 12.0. The average molecular weight is 274 g/mol. The minimum Gasteiger partial charge on any atom is -0.389 e. The zero-order chi connectivity index (χ0) is 13.7. The lowest BCUT2D eigenvalue weighted by Crippen LogP contribution is -2.26. The lowest BCUT2D eigenvalue weighted by molar-refractivity contribution is 0.0776. The maximum Gasteiger partial charge on any atom is 0.115 e. The van der Waals surface area contributed by atoms with Gasteiger partial charge in [-0.05, 0) is 25.5 Å². The van der Waals surface area contributed by atoms with E-state index in [-0.39, 0.29) is 5.25 Å². The molecule has 1 heterocycles. The second kappa shape index (κ2) is 6.17. The van der Waals surface area contributed by atoms with E-state index in [0.717, 1.165) is 17.0 Å². The maximum atomic E-state index is 10.4. The summed E-state index contributed by atoms with van der Waals surface area (Å²) in [5.74, 6) is 0.756. The van der Waals surface area contributed by atoms with Gasteiger partial charge < -0.3 is 5.11 Å². The molecule has 0 aliphatic carbocycles. The summed E-state index contributed by atoms with van der Waals surface area (Å²) in [4.78, 5) is 8.12. The fourth-order valence-electron chi connectivity index (χ4n) is 1.91. The molecule has 0 bridgehead atoms. The molecule has 100 valence electrons. The molecule has 19 heavy (non-hydrogen) atoms. The van der Waals surface area contributed by atoms with Crippen molar-refractivity contribution < 1.29 is 5.11 Å². The first kappa shape index (κ1) is 14.0. The average Bonchev–Trinajstić information content (AvgIpc) is 2.40. The molecule has 4 heteroatoms. The Morgan fingerprint density at radius 1 is 1.21 bits per heavy atom. The smallest absolute Gasteiger partial charge is 0.115 e. The molecule has 0 radical (unpaired) electrons. The lowest BCUT2D eigenvalue weighted by Gasteiger charge is -2.29. The molecule has 0 aliphatic heterocycles. The fraction of sp³-hybridized carbons (Fsp3) is 0.333. The topological polar surface area (TPSA) is 46.0 Å². The van der Waals surface area contributed by atoms with Crippen molar-refractivity contribution in [1.29, 1.82) is 0 Å². The highest BCUT2D eigenvalue weighted by Crippen LogP contribution is 2.39. The van der Waals surface area contributed by atoms with Gasteiger partial charge >= 0.3 is 0 Å². The predicted molar refractivity (Wildman–Crippen MR) is 78.8 cm³/mol. The van der Waals surface area contributed by atoms with Crippen molar-refractivity contribution in [3.63, 3.8) is 0 Å². The van der Waals surface area contributed by atoms with Crippen molar-refractivity contribution in [2.45, 2.75) is 30.5 Å². The molecule has 1 aromatic heterocycles. The van der Waals surface area contributed by atoms with Gasteiger partial charge in [-0.1, -0.05) is 30.3 Å². The van der Waals surface area contributed by atoms with Crippen LogP contribution >= 0.6 is 11.8 Å². The van der Waals surface area contributed by atoms with E-state index in [1.165, 1.54) is 0 Å². The number of thioether (sulfide) groups is 1. The normalized spacial score (nSPS) is 13.2. The molecule has 2 aromatic rings. The lowest BCUT2D eigenvalue weighted by atomic mass is 9.98. The minimum absolute atomic E-state index is 0.0173. The Kier molecular flexibility index (Phi) is 4.56. The molecule has 1 atom stereocenters. The Morgan fingerprint density at radius 3 is 2.53 bits per heavy atom.